The van der Waals surface area contributed by atoms with Crippen LogP contribution in [0.4, 0.5) is 0 Å². The summed E-state index contributed by atoms with van der Waals surface area (Å²) in [4.78, 5) is 0. The van der Waals surface area contributed by atoms with E-state index in [1.165, 1.54) is 0 Å². The summed E-state index contributed by atoms with van der Waals surface area (Å²) in [5.41, 5.74) is 1.19. The number of ether oxygens (including phenoxy) is 1. The quantitative estimate of drug-likeness (QED) is 0.841. The molecule has 0 atom stereocenters. The van der Waals surface area contributed by atoms with Crippen LogP contribution in [-0.2, 0) is 0 Å². The van der Waals surface area contributed by atoms with Gasteiger partial charge in [0.1, 0.15) is 5.75 Å². The highest BCUT2D eigenvalue weighted by atomic mass is 35.5. The SMILES string of the molecule is Cc1cc(Cl)ccc1OCC(C)(C)CNC(C)C. The van der Waals surface area contributed by atoms with Gasteiger partial charge in [-0.15, -0.1) is 0 Å². The van der Waals surface area contributed by atoms with Crippen molar-refractivity contribution < 1.29 is 4.74 Å². The van der Waals surface area contributed by atoms with Crippen LogP contribution in [-0.4, -0.2) is 19.2 Å². The first-order valence-electron chi connectivity index (χ1n) is 6.42. The maximum Gasteiger partial charge on any atom is 0.122 e. The number of benzene rings is 1. The van der Waals surface area contributed by atoms with Crippen molar-refractivity contribution in [2.75, 3.05) is 13.2 Å². The van der Waals surface area contributed by atoms with Crippen LogP contribution in [0.2, 0.25) is 5.02 Å². The molecule has 3 heteroatoms. The van der Waals surface area contributed by atoms with Gasteiger partial charge in [0.2, 0.25) is 0 Å². The predicted octanol–water partition coefficient (Wildman–Crippen LogP) is 4.05. The third-order valence-corrected chi connectivity index (χ3v) is 2.98. The van der Waals surface area contributed by atoms with E-state index in [4.69, 9.17) is 16.3 Å². The summed E-state index contributed by atoms with van der Waals surface area (Å²) in [6.45, 7) is 12.4. The van der Waals surface area contributed by atoms with Gasteiger partial charge in [-0.2, -0.15) is 0 Å². The van der Waals surface area contributed by atoms with E-state index >= 15 is 0 Å². The van der Waals surface area contributed by atoms with E-state index in [1.54, 1.807) is 0 Å². The van der Waals surface area contributed by atoms with Crippen molar-refractivity contribution in [3.63, 3.8) is 0 Å². The molecule has 0 amide bonds. The second-order valence-corrected chi connectivity index (χ2v) is 6.33. The van der Waals surface area contributed by atoms with Crippen molar-refractivity contribution in [3.05, 3.63) is 28.8 Å². The first-order chi connectivity index (χ1) is 8.30. The van der Waals surface area contributed by atoms with Crippen LogP contribution in [0.15, 0.2) is 18.2 Å². The fourth-order valence-corrected chi connectivity index (χ4v) is 1.81. The number of hydrogen-bond acceptors (Lipinski definition) is 2. The van der Waals surface area contributed by atoms with E-state index in [-0.39, 0.29) is 5.41 Å². The summed E-state index contributed by atoms with van der Waals surface area (Å²) in [7, 11) is 0. The van der Waals surface area contributed by atoms with E-state index < -0.39 is 0 Å². The van der Waals surface area contributed by atoms with Crippen molar-refractivity contribution in [1.82, 2.24) is 5.32 Å². The average molecular weight is 270 g/mol. The number of halogens is 1. The molecule has 102 valence electrons. The third kappa shape index (κ3) is 5.28. The zero-order valence-electron chi connectivity index (χ0n) is 12.0. The predicted molar refractivity (Wildman–Crippen MR) is 78.6 cm³/mol. The lowest BCUT2D eigenvalue weighted by atomic mass is 9.94. The van der Waals surface area contributed by atoms with E-state index in [0.29, 0.717) is 12.6 Å². The van der Waals surface area contributed by atoms with Crippen LogP contribution in [0, 0.1) is 12.3 Å². The van der Waals surface area contributed by atoms with Gasteiger partial charge < -0.3 is 10.1 Å². The summed E-state index contributed by atoms with van der Waals surface area (Å²) in [6.07, 6.45) is 0. The molecule has 0 aliphatic heterocycles. The minimum absolute atomic E-state index is 0.107. The Morgan fingerprint density at radius 2 is 2.00 bits per heavy atom. The topological polar surface area (TPSA) is 21.3 Å². The molecule has 0 saturated heterocycles. The largest absolute Gasteiger partial charge is 0.493 e. The second-order valence-electron chi connectivity index (χ2n) is 5.90. The molecule has 0 aromatic heterocycles. The first-order valence-corrected chi connectivity index (χ1v) is 6.80. The van der Waals surface area contributed by atoms with Crippen molar-refractivity contribution in [2.24, 2.45) is 5.41 Å². The van der Waals surface area contributed by atoms with E-state index in [9.17, 15) is 0 Å². The Balaban J connectivity index is 2.53. The molecule has 0 saturated carbocycles. The van der Waals surface area contributed by atoms with E-state index in [1.807, 2.05) is 25.1 Å². The standard InChI is InChI=1S/C15H24ClNO/c1-11(2)17-9-15(4,5)10-18-14-7-6-13(16)8-12(14)3/h6-8,11,17H,9-10H2,1-5H3. The molecule has 1 aromatic carbocycles. The molecular formula is C15H24ClNO. The van der Waals surface area contributed by atoms with Gasteiger partial charge in [-0.05, 0) is 30.7 Å². The monoisotopic (exact) mass is 269 g/mol. The Bertz CT molecular complexity index is 388. The zero-order valence-corrected chi connectivity index (χ0v) is 12.8. The zero-order chi connectivity index (χ0) is 13.8. The highest BCUT2D eigenvalue weighted by molar-refractivity contribution is 6.30. The minimum atomic E-state index is 0.107. The highest BCUT2D eigenvalue weighted by Crippen LogP contribution is 2.24. The van der Waals surface area contributed by atoms with Crippen LogP contribution in [0.5, 0.6) is 5.75 Å². The van der Waals surface area contributed by atoms with Crippen LogP contribution in [0.1, 0.15) is 33.3 Å². The van der Waals surface area contributed by atoms with Gasteiger partial charge >= 0.3 is 0 Å². The fourth-order valence-electron chi connectivity index (χ4n) is 1.58. The van der Waals surface area contributed by atoms with E-state index in [0.717, 1.165) is 22.9 Å². The molecule has 0 aliphatic rings. The lowest BCUT2D eigenvalue weighted by molar-refractivity contribution is 0.173. The Morgan fingerprint density at radius 3 is 2.56 bits per heavy atom. The molecule has 1 N–H and O–H groups in total. The van der Waals surface area contributed by atoms with Crippen LogP contribution in [0.3, 0.4) is 0 Å². The van der Waals surface area contributed by atoms with Crippen molar-refractivity contribution in [3.8, 4) is 5.75 Å². The molecular weight excluding hydrogens is 246 g/mol. The summed E-state index contributed by atoms with van der Waals surface area (Å²) >= 11 is 5.93. The Morgan fingerprint density at radius 1 is 1.33 bits per heavy atom. The molecule has 0 spiro atoms. The summed E-state index contributed by atoms with van der Waals surface area (Å²) in [5, 5.41) is 4.20. The Kier molecular flexibility index (Phi) is 5.48. The molecule has 1 aromatic rings. The molecule has 18 heavy (non-hydrogen) atoms. The summed E-state index contributed by atoms with van der Waals surface area (Å²) in [5.74, 6) is 0.914. The third-order valence-electron chi connectivity index (χ3n) is 2.74. The molecule has 0 aliphatic carbocycles. The smallest absolute Gasteiger partial charge is 0.122 e. The first kappa shape index (κ1) is 15.3. The maximum absolute atomic E-state index is 5.93. The molecule has 0 unspecified atom stereocenters. The van der Waals surface area contributed by atoms with Gasteiger partial charge in [0.05, 0.1) is 6.61 Å². The van der Waals surface area contributed by atoms with Crippen LogP contribution >= 0.6 is 11.6 Å². The lowest BCUT2D eigenvalue weighted by Gasteiger charge is -2.26. The van der Waals surface area contributed by atoms with Gasteiger partial charge in [0.25, 0.3) is 0 Å². The summed E-state index contributed by atoms with van der Waals surface area (Å²) in [6, 6.07) is 6.23. The van der Waals surface area contributed by atoms with Gasteiger partial charge in [0.15, 0.2) is 0 Å². The molecule has 0 bridgehead atoms. The molecule has 0 radical (unpaired) electrons. The van der Waals surface area contributed by atoms with Gasteiger partial charge in [-0.3, -0.25) is 0 Å². The second kappa shape index (κ2) is 6.44. The fraction of sp³-hybridized carbons (Fsp3) is 0.600. The lowest BCUT2D eigenvalue weighted by Crippen LogP contribution is -2.37. The van der Waals surface area contributed by atoms with E-state index in [2.05, 4.69) is 33.0 Å². The van der Waals surface area contributed by atoms with Crippen molar-refractivity contribution >= 4 is 11.6 Å². The molecule has 2 nitrogen and oxygen atoms in total. The van der Waals surface area contributed by atoms with Gasteiger partial charge in [0, 0.05) is 23.0 Å². The summed E-state index contributed by atoms with van der Waals surface area (Å²) < 4.78 is 5.89. The Labute approximate surface area is 116 Å². The normalized spacial score (nSPS) is 11.9. The van der Waals surface area contributed by atoms with Crippen LogP contribution in [0.25, 0.3) is 0 Å². The van der Waals surface area contributed by atoms with Gasteiger partial charge in [-0.25, -0.2) is 0 Å². The number of nitrogens with one attached hydrogen (secondary N) is 1. The van der Waals surface area contributed by atoms with Crippen LogP contribution < -0.4 is 10.1 Å². The van der Waals surface area contributed by atoms with Crippen molar-refractivity contribution in [1.29, 1.82) is 0 Å². The maximum atomic E-state index is 5.93. The number of hydrogen-bond donors (Lipinski definition) is 1. The highest BCUT2D eigenvalue weighted by Gasteiger charge is 2.19. The van der Waals surface area contributed by atoms with Crippen molar-refractivity contribution in [2.45, 2.75) is 40.7 Å². The molecule has 0 heterocycles. The van der Waals surface area contributed by atoms with Gasteiger partial charge in [-0.1, -0.05) is 39.3 Å². The number of aryl methyl sites for hydroxylation is 1. The molecule has 1 rings (SSSR count). The Hall–Kier alpha value is -0.730. The number of rotatable bonds is 6. The molecule has 0 fully saturated rings. The minimum Gasteiger partial charge on any atom is -0.493 e. The average Bonchev–Trinajstić information content (AvgIpc) is 2.25.